The summed E-state index contributed by atoms with van der Waals surface area (Å²) < 4.78 is 31.3. The predicted molar refractivity (Wildman–Crippen MR) is 92.5 cm³/mol. The zero-order chi connectivity index (χ0) is 17.9. The van der Waals surface area contributed by atoms with Crippen molar-refractivity contribution in [3.05, 3.63) is 51.7 Å². The number of pyridine rings is 1. The summed E-state index contributed by atoms with van der Waals surface area (Å²) in [6, 6.07) is 5.94. The van der Waals surface area contributed by atoms with Gasteiger partial charge in [0.1, 0.15) is 20.6 Å². The lowest BCUT2D eigenvalue weighted by Gasteiger charge is -2.15. The molecule has 0 radical (unpaired) electrons. The van der Waals surface area contributed by atoms with Gasteiger partial charge in [-0.15, -0.1) is 0 Å². The van der Waals surface area contributed by atoms with Crippen molar-refractivity contribution in [3.63, 3.8) is 0 Å². The number of aromatic nitrogens is 1. The molecule has 0 atom stereocenters. The molecule has 0 unspecified atom stereocenters. The minimum absolute atomic E-state index is 0.185. The molecule has 132 valence electrons. The lowest BCUT2D eigenvalue weighted by atomic mass is 10.4. The maximum absolute atomic E-state index is 12.4. The lowest BCUT2D eigenvalue weighted by Crippen LogP contribution is -2.27. The fourth-order valence-electron chi connectivity index (χ4n) is 2.37. The summed E-state index contributed by atoms with van der Waals surface area (Å²) in [5.74, 6) is 0.0340. The van der Waals surface area contributed by atoms with Gasteiger partial charge in [0.25, 0.3) is 0 Å². The number of hydrogen-bond acceptors (Lipinski definition) is 7. The predicted octanol–water partition coefficient (Wildman–Crippen LogP) is 3.13. The Hall–Kier alpha value is -2.17. The lowest BCUT2D eigenvalue weighted by molar-refractivity contribution is -0.402. The van der Waals surface area contributed by atoms with Crippen LogP contribution in [0.3, 0.4) is 0 Å². The molecule has 0 aliphatic carbocycles. The van der Waals surface area contributed by atoms with Gasteiger partial charge in [-0.3, -0.25) is 10.1 Å². The highest BCUT2D eigenvalue weighted by atomic mass is 32.2. The highest BCUT2D eigenvalue weighted by Crippen LogP contribution is 2.24. The first kappa shape index (κ1) is 17.6. The summed E-state index contributed by atoms with van der Waals surface area (Å²) in [5, 5.41) is 12.8. The maximum atomic E-state index is 12.4. The molecule has 25 heavy (non-hydrogen) atoms. The van der Waals surface area contributed by atoms with Crippen LogP contribution in [0.15, 0.2) is 50.2 Å². The van der Waals surface area contributed by atoms with E-state index in [4.69, 9.17) is 4.42 Å². The summed E-state index contributed by atoms with van der Waals surface area (Å²) in [4.78, 5) is 14.3. The molecule has 1 aliphatic heterocycles. The van der Waals surface area contributed by atoms with Gasteiger partial charge in [-0.1, -0.05) is 11.8 Å². The Bertz CT molecular complexity index is 884. The Morgan fingerprint density at radius 1 is 1.24 bits per heavy atom. The number of nitrogens with zero attached hydrogens (tertiary/aromatic N) is 3. The highest BCUT2D eigenvalue weighted by molar-refractivity contribution is 8.02. The van der Waals surface area contributed by atoms with Gasteiger partial charge >= 0.3 is 5.88 Å². The molecule has 1 saturated heterocycles. The van der Waals surface area contributed by atoms with E-state index in [0.29, 0.717) is 23.9 Å². The second-order valence-corrected chi connectivity index (χ2v) is 8.16. The Morgan fingerprint density at radius 3 is 2.60 bits per heavy atom. The molecule has 10 heteroatoms. The Balaban J connectivity index is 1.64. The second-order valence-electron chi connectivity index (χ2n) is 5.30. The number of nitro groups is 1. The van der Waals surface area contributed by atoms with Gasteiger partial charge in [-0.25, -0.2) is 13.4 Å². The molecule has 8 nitrogen and oxygen atoms in total. The fraction of sp³-hybridized carbons (Fsp3) is 0.267. The van der Waals surface area contributed by atoms with Crippen LogP contribution in [-0.2, 0) is 10.0 Å². The normalized spacial score (nSPS) is 15.8. The molecular weight excluding hydrogens is 366 g/mol. The zero-order valence-corrected chi connectivity index (χ0v) is 14.7. The minimum atomic E-state index is -3.46. The third kappa shape index (κ3) is 4.09. The largest absolute Gasteiger partial charge is 0.433 e. The highest BCUT2D eigenvalue weighted by Gasteiger charge is 2.27. The summed E-state index contributed by atoms with van der Waals surface area (Å²) >= 11 is 1.25. The van der Waals surface area contributed by atoms with Gasteiger partial charge in [0, 0.05) is 19.3 Å². The first-order valence-corrected chi connectivity index (χ1v) is 9.82. The van der Waals surface area contributed by atoms with Crippen LogP contribution in [0.4, 0.5) is 5.88 Å². The smallest absolute Gasteiger partial charge is 0.401 e. The average Bonchev–Trinajstić information content (AvgIpc) is 3.27. The van der Waals surface area contributed by atoms with Gasteiger partial charge in [-0.2, -0.15) is 4.31 Å². The van der Waals surface area contributed by atoms with Crippen LogP contribution in [0.25, 0.3) is 6.08 Å². The van der Waals surface area contributed by atoms with E-state index in [2.05, 4.69) is 4.98 Å². The Labute approximate surface area is 148 Å². The zero-order valence-electron chi connectivity index (χ0n) is 13.1. The first-order valence-electron chi connectivity index (χ1n) is 7.50. The van der Waals surface area contributed by atoms with E-state index in [1.54, 1.807) is 17.6 Å². The van der Waals surface area contributed by atoms with Crippen molar-refractivity contribution < 1.29 is 17.8 Å². The van der Waals surface area contributed by atoms with Crippen molar-refractivity contribution in [2.75, 3.05) is 13.1 Å². The SMILES string of the molecule is O=[N+]([O-])c1ccc(/C=C/Sc2ccc(S(=O)(=O)N3CCCC3)cn2)o1. The Kier molecular flexibility index (Phi) is 5.21. The van der Waals surface area contributed by atoms with Crippen molar-refractivity contribution in [1.82, 2.24) is 9.29 Å². The van der Waals surface area contributed by atoms with Crippen LogP contribution < -0.4 is 0 Å². The topological polar surface area (TPSA) is 107 Å². The van der Waals surface area contributed by atoms with E-state index in [0.717, 1.165) is 12.8 Å². The molecule has 2 aromatic heterocycles. The van der Waals surface area contributed by atoms with Crippen molar-refractivity contribution in [1.29, 1.82) is 0 Å². The number of rotatable bonds is 6. The second kappa shape index (κ2) is 7.38. The van der Waals surface area contributed by atoms with Gasteiger partial charge in [-0.05, 0) is 42.5 Å². The molecular formula is C15H15N3O5S2. The number of furan rings is 1. The molecule has 2 aromatic rings. The van der Waals surface area contributed by atoms with E-state index in [9.17, 15) is 18.5 Å². The van der Waals surface area contributed by atoms with E-state index >= 15 is 0 Å². The molecule has 0 bridgehead atoms. The molecule has 0 N–H and O–H groups in total. The summed E-state index contributed by atoms with van der Waals surface area (Å²) in [6.45, 7) is 1.10. The van der Waals surface area contributed by atoms with E-state index in [1.807, 2.05) is 0 Å². The third-order valence-corrected chi connectivity index (χ3v) is 6.26. The van der Waals surface area contributed by atoms with Crippen molar-refractivity contribution in [3.8, 4) is 0 Å². The van der Waals surface area contributed by atoms with Gasteiger partial charge in [0.15, 0.2) is 0 Å². The van der Waals surface area contributed by atoms with Gasteiger partial charge < -0.3 is 4.42 Å². The molecule has 3 rings (SSSR count). The summed E-state index contributed by atoms with van der Waals surface area (Å²) in [6.07, 6.45) is 4.70. The van der Waals surface area contributed by atoms with Crippen molar-refractivity contribution in [2.24, 2.45) is 0 Å². The number of sulfonamides is 1. The van der Waals surface area contributed by atoms with Crippen LogP contribution in [0.2, 0.25) is 0 Å². The van der Waals surface area contributed by atoms with Crippen LogP contribution in [-0.4, -0.2) is 35.7 Å². The van der Waals surface area contributed by atoms with Gasteiger partial charge in [0.2, 0.25) is 10.0 Å². The molecule has 0 aromatic carbocycles. The van der Waals surface area contributed by atoms with E-state index < -0.39 is 14.9 Å². The first-order chi connectivity index (χ1) is 12.0. The maximum Gasteiger partial charge on any atom is 0.433 e. The molecule has 3 heterocycles. The van der Waals surface area contributed by atoms with Crippen LogP contribution >= 0.6 is 11.8 Å². The monoisotopic (exact) mass is 381 g/mol. The average molecular weight is 381 g/mol. The molecule has 0 spiro atoms. The van der Waals surface area contributed by atoms with Crippen LogP contribution in [0.5, 0.6) is 0 Å². The van der Waals surface area contributed by atoms with Crippen molar-refractivity contribution in [2.45, 2.75) is 22.8 Å². The Morgan fingerprint density at radius 2 is 2.00 bits per heavy atom. The fourth-order valence-corrected chi connectivity index (χ4v) is 4.43. The molecule has 1 fully saturated rings. The summed E-state index contributed by atoms with van der Waals surface area (Å²) in [7, 11) is -3.46. The molecule has 1 aliphatic rings. The standard InChI is InChI=1S/C15H15N3O5S2/c19-18(20)15-6-3-12(23-15)7-10-24-14-5-4-13(11-16-14)25(21,22)17-8-1-2-9-17/h3-7,10-11H,1-2,8-9H2/b10-7+. The van der Waals surface area contributed by atoms with E-state index in [-0.39, 0.29) is 10.8 Å². The molecule has 0 saturated carbocycles. The number of thioether (sulfide) groups is 1. The van der Waals surface area contributed by atoms with Gasteiger partial charge in [0.05, 0.1) is 6.07 Å². The van der Waals surface area contributed by atoms with E-state index in [1.165, 1.54) is 40.5 Å². The third-order valence-electron chi connectivity index (χ3n) is 3.63. The van der Waals surface area contributed by atoms with Crippen LogP contribution in [0, 0.1) is 10.1 Å². The molecule has 0 amide bonds. The summed E-state index contributed by atoms with van der Waals surface area (Å²) in [5.41, 5.74) is 0. The minimum Gasteiger partial charge on any atom is -0.401 e. The van der Waals surface area contributed by atoms with Crippen molar-refractivity contribution >= 4 is 33.7 Å². The quantitative estimate of drug-likeness (QED) is 0.430. The number of hydrogen-bond donors (Lipinski definition) is 0. The van der Waals surface area contributed by atoms with Crippen LogP contribution in [0.1, 0.15) is 18.6 Å².